The lowest BCUT2D eigenvalue weighted by Crippen LogP contribution is -2.30. The second-order valence-corrected chi connectivity index (χ2v) is 22.4. The summed E-state index contributed by atoms with van der Waals surface area (Å²) in [6.45, 7) is 6.57. The van der Waals surface area contributed by atoms with Gasteiger partial charge in [-0.15, -0.1) is 0 Å². The van der Waals surface area contributed by atoms with Crippen LogP contribution in [0.4, 0.5) is 0 Å². The van der Waals surface area contributed by atoms with Crippen LogP contribution < -0.4 is 0 Å². The first-order valence-corrected chi connectivity index (χ1v) is 33.3. The Morgan fingerprint density at radius 3 is 0.803 bits per heavy atom. The van der Waals surface area contributed by atoms with Gasteiger partial charge in [-0.2, -0.15) is 0 Å². The Hall–Kier alpha value is -2.89. The van der Waals surface area contributed by atoms with Gasteiger partial charge in [0.2, 0.25) is 0 Å². The van der Waals surface area contributed by atoms with Gasteiger partial charge in [-0.3, -0.25) is 14.4 Å². The summed E-state index contributed by atoms with van der Waals surface area (Å²) in [6.07, 6.45) is 82.3. The molecule has 0 aromatic carbocycles. The number of carbonyl (C=O) groups is 3. The van der Waals surface area contributed by atoms with Crippen molar-refractivity contribution < 1.29 is 28.6 Å². The van der Waals surface area contributed by atoms with Crippen LogP contribution in [-0.4, -0.2) is 37.2 Å². The van der Waals surface area contributed by atoms with E-state index in [0.717, 1.165) is 109 Å². The molecule has 76 heavy (non-hydrogen) atoms. The molecule has 0 heterocycles. The van der Waals surface area contributed by atoms with Gasteiger partial charge < -0.3 is 14.2 Å². The smallest absolute Gasteiger partial charge is 0.306 e. The summed E-state index contributed by atoms with van der Waals surface area (Å²) in [5.74, 6) is -0.871. The van der Waals surface area contributed by atoms with Gasteiger partial charge in [0, 0.05) is 19.3 Å². The Morgan fingerprint density at radius 1 is 0.276 bits per heavy atom. The maximum atomic E-state index is 12.9. The third-order valence-electron chi connectivity index (χ3n) is 14.8. The zero-order chi connectivity index (χ0) is 55.0. The number of unbranched alkanes of at least 4 members (excludes halogenated alkanes) is 40. The van der Waals surface area contributed by atoms with Crippen molar-refractivity contribution in [1.29, 1.82) is 0 Å². The average Bonchev–Trinajstić information content (AvgIpc) is 3.42. The molecule has 0 aliphatic heterocycles. The van der Waals surface area contributed by atoms with Crippen molar-refractivity contribution in [2.24, 2.45) is 0 Å². The number of carbonyl (C=O) groups excluding carboxylic acids is 3. The summed E-state index contributed by atoms with van der Waals surface area (Å²) >= 11 is 0. The standard InChI is InChI=1S/C70H126O6/c1-4-7-10-13-16-19-22-25-28-31-33-35-37-39-42-45-48-51-54-57-60-63-69(72)75-66-67(65-74-68(71)62-59-56-53-50-47-44-41-30-27-24-21-18-15-12-9-6-3)76-70(73)64-61-58-55-52-49-46-43-40-38-36-34-32-29-26-23-20-17-14-11-8-5-2/h7,10,16,19,25,28,33,35,39,42,67H,4-6,8-9,11-15,17-18,20-24,26-27,29-32,34,36-38,40-41,43-66H2,1-3H3/b10-7-,19-16-,28-25-,35-33-,42-39-. The van der Waals surface area contributed by atoms with Crippen LogP contribution >= 0.6 is 0 Å². The minimum Gasteiger partial charge on any atom is -0.462 e. The highest BCUT2D eigenvalue weighted by Crippen LogP contribution is 2.18. The van der Waals surface area contributed by atoms with Crippen LogP contribution in [0.5, 0.6) is 0 Å². The summed E-state index contributed by atoms with van der Waals surface area (Å²) in [7, 11) is 0. The van der Waals surface area contributed by atoms with Gasteiger partial charge in [0.15, 0.2) is 6.10 Å². The molecular weight excluding hydrogens is 937 g/mol. The summed E-state index contributed by atoms with van der Waals surface area (Å²) in [5.41, 5.74) is 0. The lowest BCUT2D eigenvalue weighted by atomic mass is 10.0. The van der Waals surface area contributed by atoms with Crippen LogP contribution in [0.3, 0.4) is 0 Å². The summed E-state index contributed by atoms with van der Waals surface area (Å²) in [5, 5.41) is 0. The van der Waals surface area contributed by atoms with E-state index < -0.39 is 6.10 Å². The van der Waals surface area contributed by atoms with Crippen LogP contribution in [0.2, 0.25) is 0 Å². The first kappa shape index (κ1) is 73.1. The maximum Gasteiger partial charge on any atom is 0.306 e. The van der Waals surface area contributed by atoms with Crippen molar-refractivity contribution in [1.82, 2.24) is 0 Å². The zero-order valence-electron chi connectivity index (χ0n) is 50.8. The summed E-state index contributed by atoms with van der Waals surface area (Å²) in [6, 6.07) is 0. The monoisotopic (exact) mass is 1060 g/mol. The minimum atomic E-state index is -0.781. The number of allylic oxidation sites excluding steroid dienone is 10. The molecule has 0 radical (unpaired) electrons. The van der Waals surface area contributed by atoms with Crippen LogP contribution in [-0.2, 0) is 28.6 Å². The second kappa shape index (κ2) is 64.6. The predicted octanol–water partition coefficient (Wildman–Crippen LogP) is 22.7. The van der Waals surface area contributed by atoms with Gasteiger partial charge in [0.25, 0.3) is 0 Å². The van der Waals surface area contributed by atoms with Crippen molar-refractivity contribution >= 4 is 17.9 Å². The molecule has 0 amide bonds. The first-order valence-electron chi connectivity index (χ1n) is 33.3. The first-order chi connectivity index (χ1) is 37.5. The second-order valence-electron chi connectivity index (χ2n) is 22.4. The van der Waals surface area contributed by atoms with Crippen molar-refractivity contribution in [2.75, 3.05) is 13.2 Å². The van der Waals surface area contributed by atoms with E-state index in [1.165, 1.54) is 199 Å². The van der Waals surface area contributed by atoms with Gasteiger partial charge in [-0.1, -0.05) is 326 Å². The lowest BCUT2D eigenvalue weighted by molar-refractivity contribution is -0.167. The fourth-order valence-corrected chi connectivity index (χ4v) is 9.83. The molecule has 0 saturated heterocycles. The minimum absolute atomic E-state index is 0.0755. The molecule has 0 aliphatic carbocycles. The molecule has 0 fully saturated rings. The SMILES string of the molecule is CC/C=C\C/C=C\C/C=C\C/C=C\C/C=C\CCCCCCCC(=O)OCC(COC(=O)CCCCCCCCCCCCCCCCCC)OC(=O)CCCCCCCCCCCCCCCCCCCCCCC. The largest absolute Gasteiger partial charge is 0.462 e. The number of hydrogen-bond acceptors (Lipinski definition) is 6. The Labute approximate surface area is 472 Å². The average molecular weight is 1060 g/mol. The number of esters is 3. The Kier molecular flexibility index (Phi) is 62.2. The highest BCUT2D eigenvalue weighted by atomic mass is 16.6. The van der Waals surface area contributed by atoms with Gasteiger partial charge in [0.05, 0.1) is 0 Å². The molecule has 0 spiro atoms. The van der Waals surface area contributed by atoms with E-state index >= 15 is 0 Å². The van der Waals surface area contributed by atoms with E-state index in [1.807, 2.05) is 0 Å². The van der Waals surface area contributed by atoms with Crippen molar-refractivity contribution in [2.45, 2.75) is 354 Å². The summed E-state index contributed by atoms with van der Waals surface area (Å²) < 4.78 is 17.0. The Morgan fingerprint density at radius 2 is 0.513 bits per heavy atom. The van der Waals surface area contributed by atoms with Crippen LogP contribution in [0, 0.1) is 0 Å². The molecule has 0 saturated carbocycles. The third kappa shape index (κ3) is 62.0. The molecule has 0 rings (SSSR count). The Bertz CT molecular complexity index is 1360. The zero-order valence-corrected chi connectivity index (χ0v) is 50.8. The van der Waals surface area contributed by atoms with Crippen LogP contribution in [0.1, 0.15) is 348 Å². The molecule has 0 aromatic heterocycles. The molecule has 6 heteroatoms. The Balaban J connectivity index is 4.36. The van der Waals surface area contributed by atoms with Crippen molar-refractivity contribution in [3.8, 4) is 0 Å². The maximum absolute atomic E-state index is 12.9. The molecular formula is C70H126O6. The molecule has 0 bridgehead atoms. The lowest BCUT2D eigenvalue weighted by Gasteiger charge is -2.18. The molecule has 1 unspecified atom stereocenters. The molecule has 0 N–H and O–H groups in total. The molecule has 1 atom stereocenters. The highest BCUT2D eigenvalue weighted by molar-refractivity contribution is 5.71. The van der Waals surface area contributed by atoms with E-state index in [4.69, 9.17) is 14.2 Å². The fourth-order valence-electron chi connectivity index (χ4n) is 9.83. The van der Waals surface area contributed by atoms with Gasteiger partial charge >= 0.3 is 17.9 Å². The van der Waals surface area contributed by atoms with Gasteiger partial charge in [0.1, 0.15) is 13.2 Å². The summed E-state index contributed by atoms with van der Waals surface area (Å²) in [4.78, 5) is 38.4. The molecule has 442 valence electrons. The number of hydrogen-bond donors (Lipinski definition) is 0. The molecule has 0 aliphatic rings. The van der Waals surface area contributed by atoms with E-state index in [-0.39, 0.29) is 31.1 Å². The van der Waals surface area contributed by atoms with Gasteiger partial charge in [-0.25, -0.2) is 0 Å². The van der Waals surface area contributed by atoms with Gasteiger partial charge in [-0.05, 0) is 64.2 Å². The van der Waals surface area contributed by atoms with Crippen LogP contribution in [0.15, 0.2) is 60.8 Å². The quantitative estimate of drug-likeness (QED) is 0.0261. The molecule has 6 nitrogen and oxygen atoms in total. The molecule has 0 aromatic rings. The normalized spacial score (nSPS) is 12.4. The topological polar surface area (TPSA) is 78.9 Å². The van der Waals surface area contributed by atoms with Crippen molar-refractivity contribution in [3.05, 3.63) is 60.8 Å². The number of ether oxygens (including phenoxy) is 3. The predicted molar refractivity (Wildman–Crippen MR) is 330 cm³/mol. The third-order valence-corrected chi connectivity index (χ3v) is 14.8. The van der Waals surface area contributed by atoms with E-state index in [9.17, 15) is 14.4 Å². The van der Waals surface area contributed by atoms with E-state index in [2.05, 4.69) is 81.5 Å². The number of rotatable bonds is 61. The highest BCUT2D eigenvalue weighted by Gasteiger charge is 2.19. The van der Waals surface area contributed by atoms with Crippen molar-refractivity contribution in [3.63, 3.8) is 0 Å². The van der Waals surface area contributed by atoms with E-state index in [0.29, 0.717) is 19.3 Å². The van der Waals surface area contributed by atoms with Crippen LogP contribution in [0.25, 0.3) is 0 Å². The van der Waals surface area contributed by atoms with E-state index in [1.54, 1.807) is 0 Å². The fraction of sp³-hybridized carbons (Fsp3) is 0.814.